The molecule has 0 fully saturated rings. The van der Waals surface area contributed by atoms with Gasteiger partial charge in [-0.05, 0) is 53.5 Å². The number of carbonyl (C=O) groups excluding carboxylic acids is 1. The molecule has 0 unspecified atom stereocenters. The van der Waals surface area contributed by atoms with Crippen molar-refractivity contribution in [2.75, 3.05) is 7.11 Å². The highest BCUT2D eigenvalue weighted by Gasteiger charge is 2.17. The molecule has 0 N–H and O–H groups in total. The van der Waals surface area contributed by atoms with Gasteiger partial charge in [-0.3, -0.25) is 9.48 Å². The molecule has 0 aliphatic heterocycles. The summed E-state index contributed by atoms with van der Waals surface area (Å²) in [6.45, 7) is 4.84. The summed E-state index contributed by atoms with van der Waals surface area (Å²) in [6.07, 6.45) is 1.19. The first-order chi connectivity index (χ1) is 10.1. The predicted molar refractivity (Wildman–Crippen MR) is 86.0 cm³/mol. The fourth-order valence-electron chi connectivity index (χ4n) is 2.22. The Morgan fingerprint density at radius 2 is 1.95 bits per heavy atom. The molecule has 0 atom stereocenters. The minimum Gasteiger partial charge on any atom is -0.497 e. The predicted octanol–water partition coefficient (Wildman–Crippen LogP) is 3.66. The highest BCUT2D eigenvalue weighted by molar-refractivity contribution is 9.10. The molecule has 0 radical (unpaired) electrons. The van der Waals surface area contributed by atoms with Crippen molar-refractivity contribution in [3.05, 3.63) is 45.7 Å². The lowest BCUT2D eigenvalue weighted by molar-refractivity contribution is 0.0990. The molecule has 1 aromatic heterocycles. The van der Waals surface area contributed by atoms with Crippen LogP contribution in [0, 0.1) is 0 Å². The monoisotopic (exact) mass is 350 g/mol. The minimum atomic E-state index is 0.0793. The van der Waals surface area contributed by atoms with Crippen LogP contribution in [0.4, 0.5) is 0 Å². The van der Waals surface area contributed by atoms with Gasteiger partial charge >= 0.3 is 0 Å². The summed E-state index contributed by atoms with van der Waals surface area (Å²) in [5.41, 5.74) is 2.62. The van der Waals surface area contributed by atoms with Crippen LogP contribution in [0.25, 0.3) is 0 Å². The SMILES string of the molecule is CCc1nn(CC)c(CC(=O)c2ccc(OC)cc2)c1Br. The summed E-state index contributed by atoms with van der Waals surface area (Å²) >= 11 is 3.57. The Bertz CT molecular complexity index is 632. The molecular formula is C16H19BrN2O2. The van der Waals surface area contributed by atoms with Crippen molar-refractivity contribution in [2.45, 2.75) is 33.2 Å². The van der Waals surface area contributed by atoms with E-state index in [1.807, 2.05) is 11.6 Å². The van der Waals surface area contributed by atoms with Gasteiger partial charge < -0.3 is 4.74 Å². The van der Waals surface area contributed by atoms with Crippen LogP contribution in [0.1, 0.15) is 35.6 Å². The molecule has 0 spiro atoms. The lowest BCUT2D eigenvalue weighted by Crippen LogP contribution is -2.10. The van der Waals surface area contributed by atoms with Gasteiger partial charge in [0.2, 0.25) is 0 Å². The number of aryl methyl sites for hydroxylation is 2. The summed E-state index contributed by atoms with van der Waals surface area (Å²) < 4.78 is 7.95. The van der Waals surface area contributed by atoms with Crippen molar-refractivity contribution in [1.82, 2.24) is 9.78 Å². The molecule has 0 aliphatic rings. The van der Waals surface area contributed by atoms with E-state index in [4.69, 9.17) is 4.74 Å². The second-order valence-electron chi connectivity index (χ2n) is 4.71. The standard InChI is InChI=1S/C16H19BrN2O2/c1-4-13-16(17)14(19(5-2)18-13)10-15(20)11-6-8-12(21-3)9-7-11/h6-9H,4-5,10H2,1-3H3. The number of aromatic nitrogens is 2. The maximum absolute atomic E-state index is 12.4. The summed E-state index contributed by atoms with van der Waals surface area (Å²) in [7, 11) is 1.61. The smallest absolute Gasteiger partial charge is 0.168 e. The molecular weight excluding hydrogens is 332 g/mol. The normalized spacial score (nSPS) is 10.7. The molecule has 0 aliphatic carbocycles. The van der Waals surface area contributed by atoms with Gasteiger partial charge in [0.15, 0.2) is 5.78 Å². The number of halogens is 1. The second kappa shape index (κ2) is 6.89. The largest absolute Gasteiger partial charge is 0.497 e. The van der Waals surface area contributed by atoms with E-state index in [-0.39, 0.29) is 5.78 Å². The Morgan fingerprint density at radius 1 is 1.29 bits per heavy atom. The number of ether oxygens (including phenoxy) is 1. The topological polar surface area (TPSA) is 44.1 Å². The Hall–Kier alpha value is -1.62. The van der Waals surface area contributed by atoms with Gasteiger partial charge in [0.05, 0.1) is 29.4 Å². The summed E-state index contributed by atoms with van der Waals surface area (Å²) in [4.78, 5) is 12.4. The van der Waals surface area contributed by atoms with E-state index < -0.39 is 0 Å². The number of benzene rings is 1. The Morgan fingerprint density at radius 3 is 2.48 bits per heavy atom. The van der Waals surface area contributed by atoms with Crippen molar-refractivity contribution in [3.8, 4) is 5.75 Å². The number of nitrogens with zero attached hydrogens (tertiary/aromatic N) is 2. The molecule has 0 saturated carbocycles. The first-order valence-electron chi connectivity index (χ1n) is 7.02. The molecule has 2 rings (SSSR count). The third-order valence-electron chi connectivity index (χ3n) is 3.43. The maximum atomic E-state index is 12.4. The zero-order valence-electron chi connectivity index (χ0n) is 12.5. The molecule has 0 bridgehead atoms. The quantitative estimate of drug-likeness (QED) is 0.746. The Labute approximate surface area is 133 Å². The lowest BCUT2D eigenvalue weighted by Gasteiger charge is -2.06. The molecule has 112 valence electrons. The number of hydrogen-bond acceptors (Lipinski definition) is 3. The molecule has 21 heavy (non-hydrogen) atoms. The minimum absolute atomic E-state index is 0.0793. The van der Waals surface area contributed by atoms with Crippen LogP contribution in [0.2, 0.25) is 0 Å². The number of ketones is 1. The van der Waals surface area contributed by atoms with Gasteiger partial charge in [0.1, 0.15) is 5.75 Å². The van der Waals surface area contributed by atoms with E-state index in [0.717, 1.165) is 34.6 Å². The van der Waals surface area contributed by atoms with E-state index in [0.29, 0.717) is 12.0 Å². The number of Topliss-reactive ketones (excluding diaryl/α,β-unsaturated/α-hetero) is 1. The first-order valence-corrected chi connectivity index (χ1v) is 7.81. The molecule has 4 nitrogen and oxygen atoms in total. The Balaban J connectivity index is 2.24. The average Bonchev–Trinajstić information content (AvgIpc) is 2.83. The number of methoxy groups -OCH3 is 1. The van der Waals surface area contributed by atoms with E-state index >= 15 is 0 Å². The lowest BCUT2D eigenvalue weighted by atomic mass is 10.1. The van der Waals surface area contributed by atoms with Gasteiger partial charge in [0, 0.05) is 12.1 Å². The molecule has 1 aromatic carbocycles. The van der Waals surface area contributed by atoms with Crippen LogP contribution in [-0.2, 0) is 19.4 Å². The van der Waals surface area contributed by atoms with Crippen LogP contribution in [-0.4, -0.2) is 22.7 Å². The van der Waals surface area contributed by atoms with Crippen molar-refractivity contribution in [2.24, 2.45) is 0 Å². The maximum Gasteiger partial charge on any atom is 0.168 e. The van der Waals surface area contributed by atoms with Gasteiger partial charge in [-0.15, -0.1) is 0 Å². The van der Waals surface area contributed by atoms with Gasteiger partial charge in [-0.1, -0.05) is 6.92 Å². The summed E-state index contributed by atoms with van der Waals surface area (Å²) in [5.74, 6) is 0.829. The van der Waals surface area contributed by atoms with Crippen molar-refractivity contribution in [3.63, 3.8) is 0 Å². The third-order valence-corrected chi connectivity index (χ3v) is 4.35. The van der Waals surface area contributed by atoms with E-state index in [1.165, 1.54) is 0 Å². The molecule has 0 amide bonds. The zero-order chi connectivity index (χ0) is 15.4. The fraction of sp³-hybridized carbons (Fsp3) is 0.375. The number of carbonyl (C=O) groups is 1. The Kier molecular flexibility index (Phi) is 5.17. The van der Waals surface area contributed by atoms with Crippen molar-refractivity contribution in [1.29, 1.82) is 0 Å². The van der Waals surface area contributed by atoms with Crippen molar-refractivity contribution >= 4 is 21.7 Å². The van der Waals surface area contributed by atoms with Gasteiger partial charge in [-0.2, -0.15) is 5.10 Å². The van der Waals surface area contributed by atoms with Gasteiger partial charge in [0.25, 0.3) is 0 Å². The van der Waals surface area contributed by atoms with Gasteiger partial charge in [-0.25, -0.2) is 0 Å². The summed E-state index contributed by atoms with van der Waals surface area (Å²) in [6, 6.07) is 7.19. The van der Waals surface area contributed by atoms with E-state index in [9.17, 15) is 4.79 Å². The molecule has 2 aromatic rings. The van der Waals surface area contributed by atoms with Crippen LogP contribution in [0.15, 0.2) is 28.7 Å². The van der Waals surface area contributed by atoms with Crippen molar-refractivity contribution < 1.29 is 9.53 Å². The second-order valence-corrected chi connectivity index (χ2v) is 5.50. The zero-order valence-corrected chi connectivity index (χ0v) is 14.1. The van der Waals surface area contributed by atoms with E-state index in [2.05, 4.69) is 28.0 Å². The fourth-order valence-corrected chi connectivity index (χ4v) is 2.92. The van der Waals surface area contributed by atoms with E-state index in [1.54, 1.807) is 31.4 Å². The van der Waals surface area contributed by atoms with Crippen LogP contribution in [0.5, 0.6) is 5.75 Å². The molecule has 5 heteroatoms. The van der Waals surface area contributed by atoms with Crippen LogP contribution < -0.4 is 4.74 Å². The molecule has 0 saturated heterocycles. The number of hydrogen-bond donors (Lipinski definition) is 0. The molecule has 1 heterocycles. The number of rotatable bonds is 6. The van der Waals surface area contributed by atoms with Crippen LogP contribution in [0.3, 0.4) is 0 Å². The highest BCUT2D eigenvalue weighted by atomic mass is 79.9. The highest BCUT2D eigenvalue weighted by Crippen LogP contribution is 2.24. The first kappa shape index (κ1) is 15.8. The average molecular weight is 351 g/mol. The van der Waals surface area contributed by atoms with Crippen LogP contribution >= 0.6 is 15.9 Å². The third kappa shape index (κ3) is 3.35. The summed E-state index contributed by atoms with van der Waals surface area (Å²) in [5, 5.41) is 4.52.